The Balaban J connectivity index is 0.00000280. The fourth-order valence-electron chi connectivity index (χ4n) is 3.02. The van der Waals surface area contributed by atoms with Crippen LogP contribution >= 0.6 is 24.0 Å². The number of ether oxygens (including phenoxy) is 1. The van der Waals surface area contributed by atoms with Gasteiger partial charge in [-0.3, -0.25) is 9.89 Å². The molecule has 0 atom stereocenters. The number of fused-ring (bicyclic) bond motifs is 1. The maximum Gasteiger partial charge on any atom is 0.573 e. The largest absolute Gasteiger partial charge is 0.573 e. The van der Waals surface area contributed by atoms with E-state index in [1.807, 2.05) is 12.1 Å². The molecule has 1 aliphatic heterocycles. The highest BCUT2D eigenvalue weighted by Crippen LogP contribution is 2.29. The molecule has 0 amide bonds. The van der Waals surface area contributed by atoms with E-state index in [0.717, 1.165) is 26.1 Å². The molecule has 0 spiro atoms. The molecule has 3 rings (SSSR count). The van der Waals surface area contributed by atoms with Crippen molar-refractivity contribution in [1.29, 1.82) is 0 Å². The van der Waals surface area contributed by atoms with Crippen LogP contribution in [0.5, 0.6) is 5.75 Å². The van der Waals surface area contributed by atoms with Gasteiger partial charge in [0, 0.05) is 19.6 Å². The van der Waals surface area contributed by atoms with E-state index in [0.29, 0.717) is 6.54 Å². The Kier molecular flexibility index (Phi) is 7.93. The summed E-state index contributed by atoms with van der Waals surface area (Å²) in [7, 11) is 0. The first kappa shape index (κ1) is 22.3. The van der Waals surface area contributed by atoms with Gasteiger partial charge < -0.3 is 15.8 Å². The molecule has 3 N–H and O–H groups in total. The van der Waals surface area contributed by atoms with E-state index in [1.165, 1.54) is 29.3 Å². The van der Waals surface area contributed by atoms with E-state index in [-0.39, 0.29) is 41.4 Å². The van der Waals surface area contributed by atoms with E-state index in [2.05, 4.69) is 32.1 Å². The molecule has 0 aromatic heterocycles. The Bertz CT molecular complexity index is 814. The van der Waals surface area contributed by atoms with Crippen LogP contribution in [0.1, 0.15) is 11.1 Å². The molecule has 28 heavy (non-hydrogen) atoms. The maximum absolute atomic E-state index is 12.5. The average Bonchev–Trinajstić information content (AvgIpc) is 2.62. The van der Waals surface area contributed by atoms with Gasteiger partial charge >= 0.3 is 6.36 Å². The van der Waals surface area contributed by atoms with Crippen molar-refractivity contribution in [2.24, 2.45) is 10.7 Å². The quantitative estimate of drug-likeness (QED) is 0.366. The number of alkyl halides is 3. The molecule has 152 valence electrons. The monoisotopic (exact) mass is 506 g/mol. The summed E-state index contributed by atoms with van der Waals surface area (Å²) in [4.78, 5) is 6.49. The van der Waals surface area contributed by atoms with Crippen molar-refractivity contribution >= 4 is 35.6 Å². The van der Waals surface area contributed by atoms with Gasteiger partial charge in [-0.25, -0.2) is 0 Å². The number of halogens is 4. The highest BCUT2D eigenvalue weighted by atomic mass is 127. The lowest BCUT2D eigenvalue weighted by molar-refractivity contribution is -0.274. The number of hydrogen-bond acceptors (Lipinski definition) is 3. The minimum atomic E-state index is -4.77. The zero-order valence-corrected chi connectivity index (χ0v) is 17.4. The predicted octanol–water partition coefficient (Wildman–Crippen LogP) is 3.99. The van der Waals surface area contributed by atoms with E-state index >= 15 is 0 Å². The van der Waals surface area contributed by atoms with Crippen LogP contribution in [0.15, 0.2) is 53.5 Å². The van der Waals surface area contributed by atoms with Crippen LogP contribution in [0.3, 0.4) is 0 Å². The van der Waals surface area contributed by atoms with Crippen molar-refractivity contribution in [2.45, 2.75) is 19.3 Å². The summed E-state index contributed by atoms with van der Waals surface area (Å²) < 4.78 is 41.4. The molecule has 1 aliphatic rings. The van der Waals surface area contributed by atoms with E-state index in [9.17, 15) is 13.2 Å². The lowest BCUT2D eigenvalue weighted by Crippen LogP contribution is -2.33. The zero-order valence-electron chi connectivity index (χ0n) is 15.1. The number of para-hydroxylation sites is 2. The molecule has 0 bridgehead atoms. The molecular weight excluding hydrogens is 484 g/mol. The van der Waals surface area contributed by atoms with Crippen LogP contribution in [0.25, 0.3) is 0 Å². The summed E-state index contributed by atoms with van der Waals surface area (Å²) in [6.07, 6.45) is -3.77. The number of nitrogens with two attached hydrogens (primary N) is 1. The number of rotatable bonds is 5. The first-order valence-corrected chi connectivity index (χ1v) is 8.61. The second-order valence-electron chi connectivity index (χ2n) is 6.23. The molecule has 0 saturated heterocycles. The number of aliphatic imine (C=N–C) groups is 1. The number of hydrogen-bond donors (Lipinski definition) is 2. The molecule has 0 saturated carbocycles. The Hall–Kier alpha value is -2.01. The SMILES string of the molecule is I.NC(=NCCN1CCc2ccccc2C1)Nc1ccccc1OC(F)(F)F. The normalized spacial score (nSPS) is 14.8. The summed E-state index contributed by atoms with van der Waals surface area (Å²) in [5.41, 5.74) is 8.62. The Morgan fingerprint density at radius 1 is 1.11 bits per heavy atom. The molecule has 2 aromatic carbocycles. The van der Waals surface area contributed by atoms with E-state index in [4.69, 9.17) is 5.73 Å². The highest BCUT2D eigenvalue weighted by Gasteiger charge is 2.32. The van der Waals surface area contributed by atoms with Gasteiger partial charge in [0.15, 0.2) is 11.7 Å². The number of guanidine groups is 1. The Morgan fingerprint density at radius 2 is 1.79 bits per heavy atom. The summed E-state index contributed by atoms with van der Waals surface area (Å²) in [5, 5.41) is 2.67. The number of nitrogens with zero attached hydrogens (tertiary/aromatic N) is 2. The highest BCUT2D eigenvalue weighted by molar-refractivity contribution is 14.0. The summed E-state index contributed by atoms with van der Waals surface area (Å²) in [6.45, 7) is 2.98. The standard InChI is InChI=1S/C19H21F3N4O.HI/c20-19(21,22)27-17-8-4-3-7-16(17)25-18(23)24-10-12-26-11-9-14-5-1-2-6-15(14)13-26;/h1-8H,9-13H2,(H3,23,24,25);1H. The minimum absolute atomic E-state index is 0. The minimum Gasteiger partial charge on any atom is -0.404 e. The van der Waals surface area contributed by atoms with Crippen LogP contribution in [0, 0.1) is 0 Å². The third-order valence-electron chi connectivity index (χ3n) is 4.28. The molecule has 2 aromatic rings. The van der Waals surface area contributed by atoms with Crippen molar-refractivity contribution in [3.63, 3.8) is 0 Å². The van der Waals surface area contributed by atoms with Crippen LogP contribution in [-0.4, -0.2) is 36.9 Å². The van der Waals surface area contributed by atoms with Crippen LogP contribution < -0.4 is 15.8 Å². The summed E-state index contributed by atoms with van der Waals surface area (Å²) in [6, 6.07) is 14.1. The molecule has 0 radical (unpaired) electrons. The fourth-order valence-corrected chi connectivity index (χ4v) is 3.02. The molecular formula is C19H22F3IN4O. The maximum atomic E-state index is 12.5. The second-order valence-corrected chi connectivity index (χ2v) is 6.23. The van der Waals surface area contributed by atoms with Gasteiger partial charge in [0.05, 0.1) is 12.2 Å². The lowest BCUT2D eigenvalue weighted by Gasteiger charge is -2.28. The van der Waals surface area contributed by atoms with Crippen LogP contribution in [0.2, 0.25) is 0 Å². The molecule has 1 heterocycles. The number of anilines is 1. The van der Waals surface area contributed by atoms with Gasteiger partial charge in [-0.2, -0.15) is 0 Å². The average molecular weight is 506 g/mol. The smallest absolute Gasteiger partial charge is 0.404 e. The first-order valence-electron chi connectivity index (χ1n) is 8.61. The summed E-state index contributed by atoms with van der Waals surface area (Å²) >= 11 is 0. The Labute approximate surface area is 178 Å². The van der Waals surface area contributed by atoms with Gasteiger partial charge in [0.1, 0.15) is 0 Å². The predicted molar refractivity (Wildman–Crippen MR) is 114 cm³/mol. The lowest BCUT2D eigenvalue weighted by atomic mass is 10.0. The van der Waals surface area contributed by atoms with E-state index < -0.39 is 6.36 Å². The molecule has 9 heteroatoms. The fraction of sp³-hybridized carbons (Fsp3) is 0.316. The Morgan fingerprint density at radius 3 is 2.54 bits per heavy atom. The second kappa shape index (κ2) is 9.97. The van der Waals surface area contributed by atoms with Gasteiger partial charge in [0.25, 0.3) is 0 Å². The van der Waals surface area contributed by atoms with Gasteiger partial charge in [-0.05, 0) is 29.7 Å². The van der Waals surface area contributed by atoms with Crippen LogP contribution in [-0.2, 0) is 13.0 Å². The van der Waals surface area contributed by atoms with Gasteiger partial charge in [-0.15, -0.1) is 37.1 Å². The van der Waals surface area contributed by atoms with E-state index in [1.54, 1.807) is 6.07 Å². The van der Waals surface area contributed by atoms with Gasteiger partial charge in [-0.1, -0.05) is 36.4 Å². The molecule has 5 nitrogen and oxygen atoms in total. The van der Waals surface area contributed by atoms with Crippen molar-refractivity contribution in [3.8, 4) is 5.75 Å². The third kappa shape index (κ3) is 6.55. The zero-order chi connectivity index (χ0) is 19.3. The molecule has 0 unspecified atom stereocenters. The first-order chi connectivity index (χ1) is 12.9. The molecule has 0 fully saturated rings. The van der Waals surface area contributed by atoms with Crippen molar-refractivity contribution in [2.75, 3.05) is 25.0 Å². The van der Waals surface area contributed by atoms with Gasteiger partial charge in [0.2, 0.25) is 0 Å². The van der Waals surface area contributed by atoms with Crippen molar-refractivity contribution < 1.29 is 17.9 Å². The molecule has 0 aliphatic carbocycles. The van der Waals surface area contributed by atoms with Crippen LogP contribution in [0.4, 0.5) is 18.9 Å². The van der Waals surface area contributed by atoms with Crippen molar-refractivity contribution in [3.05, 3.63) is 59.7 Å². The third-order valence-corrected chi connectivity index (χ3v) is 4.28. The van der Waals surface area contributed by atoms with Crippen molar-refractivity contribution in [1.82, 2.24) is 4.90 Å². The summed E-state index contributed by atoms with van der Waals surface area (Å²) in [5.74, 6) is -0.304. The number of benzene rings is 2. The topological polar surface area (TPSA) is 62.9 Å². The number of nitrogens with one attached hydrogen (secondary N) is 1.